The molecule has 0 aliphatic heterocycles. The van der Waals surface area contributed by atoms with Crippen LogP contribution < -0.4 is 5.32 Å². The van der Waals surface area contributed by atoms with Gasteiger partial charge in [0.2, 0.25) is 0 Å². The lowest BCUT2D eigenvalue weighted by atomic mass is 10.1. The lowest BCUT2D eigenvalue weighted by Crippen LogP contribution is -2.16. The van der Waals surface area contributed by atoms with Crippen molar-refractivity contribution in [3.8, 4) is 0 Å². The lowest BCUT2D eigenvalue weighted by molar-refractivity contribution is 0.515. The molecule has 0 saturated heterocycles. The summed E-state index contributed by atoms with van der Waals surface area (Å²) in [7, 11) is 0. The zero-order chi connectivity index (χ0) is 16.4. The highest BCUT2D eigenvalue weighted by Gasteiger charge is 2.08. The van der Waals surface area contributed by atoms with Crippen molar-refractivity contribution < 1.29 is 4.42 Å². The first-order valence-electron chi connectivity index (χ1n) is 7.05. The second-order valence-corrected chi connectivity index (χ2v) is 6.85. The maximum atomic E-state index is 6.12. The van der Waals surface area contributed by atoms with E-state index in [0.29, 0.717) is 32.2 Å². The van der Waals surface area contributed by atoms with E-state index in [1.807, 2.05) is 30.3 Å². The highest BCUT2D eigenvalue weighted by Crippen LogP contribution is 2.30. The van der Waals surface area contributed by atoms with Gasteiger partial charge in [-0.15, -0.1) is 0 Å². The smallest absolute Gasteiger partial charge is 0.153 e. The molecule has 2 nitrogen and oxygen atoms in total. The Kier molecular flexibility index (Phi) is 5.40. The van der Waals surface area contributed by atoms with E-state index < -0.39 is 0 Å². The molecule has 23 heavy (non-hydrogen) atoms. The van der Waals surface area contributed by atoms with Gasteiger partial charge in [0, 0.05) is 10.4 Å². The van der Waals surface area contributed by atoms with E-state index in [2.05, 4.69) is 5.32 Å². The van der Waals surface area contributed by atoms with Gasteiger partial charge in [-0.25, -0.2) is 0 Å². The summed E-state index contributed by atoms with van der Waals surface area (Å²) in [6.07, 6.45) is 0.851. The van der Waals surface area contributed by atoms with Gasteiger partial charge in [-0.1, -0.05) is 52.5 Å². The van der Waals surface area contributed by atoms with Crippen LogP contribution in [0.1, 0.15) is 11.3 Å². The van der Waals surface area contributed by atoms with Crippen LogP contribution in [0, 0.1) is 0 Å². The molecular weight excluding hydrogens is 376 g/mol. The van der Waals surface area contributed by atoms with Gasteiger partial charge in [0.15, 0.2) is 5.58 Å². The number of rotatable bonds is 5. The molecule has 0 spiro atoms. The lowest BCUT2D eigenvalue weighted by Gasteiger charge is -2.04. The van der Waals surface area contributed by atoms with Crippen LogP contribution in [-0.4, -0.2) is 6.54 Å². The van der Waals surface area contributed by atoms with Crippen molar-refractivity contribution in [2.75, 3.05) is 6.54 Å². The normalized spacial score (nSPS) is 11.3. The van der Waals surface area contributed by atoms with Crippen LogP contribution >= 0.6 is 46.4 Å². The summed E-state index contributed by atoms with van der Waals surface area (Å²) in [5.41, 5.74) is 1.80. The van der Waals surface area contributed by atoms with Crippen LogP contribution in [0.2, 0.25) is 20.1 Å². The summed E-state index contributed by atoms with van der Waals surface area (Å²) >= 11 is 24.0. The van der Waals surface area contributed by atoms with Gasteiger partial charge in [0.05, 0.1) is 21.6 Å². The van der Waals surface area contributed by atoms with Gasteiger partial charge in [0.1, 0.15) is 5.76 Å². The van der Waals surface area contributed by atoms with E-state index in [1.54, 1.807) is 6.07 Å². The minimum atomic E-state index is 0.523. The largest absolute Gasteiger partial charge is 0.458 e. The van der Waals surface area contributed by atoms with Crippen molar-refractivity contribution in [2.45, 2.75) is 13.0 Å². The minimum absolute atomic E-state index is 0.523. The molecule has 0 atom stereocenters. The molecule has 0 fully saturated rings. The van der Waals surface area contributed by atoms with Crippen molar-refractivity contribution in [1.82, 2.24) is 5.32 Å². The summed E-state index contributed by atoms with van der Waals surface area (Å²) in [5, 5.41) is 6.51. The highest BCUT2D eigenvalue weighted by molar-refractivity contribution is 6.42. The number of fused-ring (bicyclic) bond motifs is 1. The summed E-state index contributed by atoms with van der Waals surface area (Å²) in [4.78, 5) is 0. The summed E-state index contributed by atoms with van der Waals surface area (Å²) in [5.74, 6) is 0.818. The number of hydrogen-bond donors (Lipinski definition) is 1. The minimum Gasteiger partial charge on any atom is -0.458 e. The van der Waals surface area contributed by atoms with E-state index in [9.17, 15) is 0 Å². The van der Waals surface area contributed by atoms with Crippen molar-refractivity contribution >= 4 is 57.4 Å². The molecule has 1 aromatic heterocycles. The standard InChI is InChI=1S/C17H13Cl4NO/c18-12-6-11-7-13(23-17(11)16(21)8-12)9-22-4-3-10-1-2-14(19)15(20)5-10/h1-2,5-8,22H,3-4,9H2. The maximum Gasteiger partial charge on any atom is 0.153 e. The Balaban J connectivity index is 1.58. The summed E-state index contributed by atoms with van der Waals surface area (Å²) in [6, 6.07) is 11.1. The Morgan fingerprint density at radius 3 is 2.48 bits per heavy atom. The second-order valence-electron chi connectivity index (χ2n) is 5.19. The molecule has 3 rings (SSSR count). The molecule has 0 bridgehead atoms. The molecule has 2 aromatic carbocycles. The Morgan fingerprint density at radius 1 is 0.870 bits per heavy atom. The Bertz CT molecular complexity index is 844. The van der Waals surface area contributed by atoms with Crippen LogP contribution in [0.4, 0.5) is 0 Å². The third kappa shape index (κ3) is 4.14. The predicted molar refractivity (Wildman–Crippen MR) is 98.1 cm³/mol. The van der Waals surface area contributed by atoms with Gasteiger partial charge in [-0.3, -0.25) is 0 Å². The molecule has 3 aromatic rings. The van der Waals surface area contributed by atoms with Crippen molar-refractivity contribution in [2.24, 2.45) is 0 Å². The van der Waals surface area contributed by atoms with Crippen LogP contribution in [0.25, 0.3) is 11.0 Å². The SMILES string of the molecule is Clc1cc(Cl)c2oc(CNCCc3ccc(Cl)c(Cl)c3)cc2c1. The average Bonchev–Trinajstić information content (AvgIpc) is 2.90. The fourth-order valence-electron chi connectivity index (χ4n) is 2.36. The third-order valence-corrected chi connectivity index (χ3v) is 4.70. The monoisotopic (exact) mass is 387 g/mol. The van der Waals surface area contributed by atoms with Gasteiger partial charge in [-0.05, 0) is 48.9 Å². The van der Waals surface area contributed by atoms with E-state index >= 15 is 0 Å². The summed E-state index contributed by atoms with van der Waals surface area (Å²) < 4.78 is 5.75. The van der Waals surface area contributed by atoms with Gasteiger partial charge < -0.3 is 9.73 Å². The molecule has 0 radical (unpaired) electrons. The first kappa shape index (κ1) is 16.9. The number of nitrogens with one attached hydrogen (secondary N) is 1. The maximum absolute atomic E-state index is 6.12. The molecule has 6 heteroatoms. The highest BCUT2D eigenvalue weighted by atomic mass is 35.5. The fraction of sp³-hybridized carbons (Fsp3) is 0.176. The second kappa shape index (κ2) is 7.33. The Morgan fingerprint density at radius 2 is 1.70 bits per heavy atom. The third-order valence-electron chi connectivity index (χ3n) is 3.46. The quantitative estimate of drug-likeness (QED) is 0.513. The number of benzene rings is 2. The molecule has 0 aliphatic carbocycles. The predicted octanol–water partition coefficient (Wildman–Crippen LogP) is 6.38. The van der Waals surface area contributed by atoms with Crippen LogP contribution in [0.15, 0.2) is 40.8 Å². The molecule has 0 saturated carbocycles. The average molecular weight is 389 g/mol. The van der Waals surface area contributed by atoms with E-state index in [0.717, 1.165) is 29.7 Å². The number of hydrogen-bond acceptors (Lipinski definition) is 2. The molecule has 0 aliphatic rings. The van der Waals surface area contributed by atoms with E-state index in [4.69, 9.17) is 50.8 Å². The van der Waals surface area contributed by atoms with Gasteiger partial charge in [0.25, 0.3) is 0 Å². The molecule has 1 heterocycles. The van der Waals surface area contributed by atoms with Crippen LogP contribution in [0.3, 0.4) is 0 Å². The topological polar surface area (TPSA) is 25.2 Å². The van der Waals surface area contributed by atoms with Crippen molar-refractivity contribution in [3.05, 3.63) is 67.8 Å². The number of furan rings is 1. The van der Waals surface area contributed by atoms with Crippen molar-refractivity contribution in [1.29, 1.82) is 0 Å². The molecule has 0 amide bonds. The Hall–Kier alpha value is -0.900. The first-order valence-corrected chi connectivity index (χ1v) is 8.56. The van der Waals surface area contributed by atoms with E-state index in [-0.39, 0.29) is 0 Å². The van der Waals surface area contributed by atoms with Gasteiger partial charge >= 0.3 is 0 Å². The number of halogens is 4. The first-order chi connectivity index (χ1) is 11.0. The fourth-order valence-corrected chi connectivity index (χ4v) is 3.22. The molecule has 120 valence electrons. The zero-order valence-electron chi connectivity index (χ0n) is 12.0. The Labute approximate surface area is 154 Å². The van der Waals surface area contributed by atoms with E-state index in [1.165, 1.54) is 0 Å². The zero-order valence-corrected chi connectivity index (χ0v) is 15.0. The van der Waals surface area contributed by atoms with Crippen molar-refractivity contribution in [3.63, 3.8) is 0 Å². The molecule has 1 N–H and O–H groups in total. The van der Waals surface area contributed by atoms with Gasteiger partial charge in [-0.2, -0.15) is 0 Å². The van der Waals surface area contributed by atoms with Crippen LogP contribution in [0.5, 0.6) is 0 Å². The van der Waals surface area contributed by atoms with Crippen LogP contribution in [-0.2, 0) is 13.0 Å². The summed E-state index contributed by atoms with van der Waals surface area (Å²) in [6.45, 7) is 1.41. The molecular formula is C17H13Cl4NO. The molecule has 0 unspecified atom stereocenters.